The Labute approximate surface area is 72.7 Å². The van der Waals surface area contributed by atoms with Crippen molar-refractivity contribution in [2.75, 3.05) is 0 Å². The summed E-state index contributed by atoms with van der Waals surface area (Å²) >= 11 is 0. The van der Waals surface area contributed by atoms with Crippen molar-refractivity contribution in [2.24, 2.45) is 5.41 Å². The molecule has 0 heterocycles. The summed E-state index contributed by atoms with van der Waals surface area (Å²) in [7, 11) is 0. The Morgan fingerprint density at radius 1 is 1.25 bits per heavy atom. The normalized spacial score (nSPS) is 10.7. The van der Waals surface area contributed by atoms with E-state index < -0.39 is 5.41 Å². The zero-order valence-corrected chi connectivity index (χ0v) is 8.02. The lowest BCUT2D eigenvalue weighted by Gasteiger charge is -2.21. The fourth-order valence-corrected chi connectivity index (χ4v) is 0.475. The summed E-state index contributed by atoms with van der Waals surface area (Å²) in [6.07, 6.45) is 0.735. The minimum Gasteiger partial charge on any atom is -0.274 e. The highest BCUT2D eigenvalue weighted by Crippen LogP contribution is 2.18. The maximum absolute atomic E-state index is 11.3. The van der Waals surface area contributed by atoms with Gasteiger partial charge in [0.25, 0.3) is 0 Å². The van der Waals surface area contributed by atoms with Gasteiger partial charge in [-0.3, -0.25) is 20.4 Å². The van der Waals surface area contributed by atoms with Gasteiger partial charge < -0.3 is 0 Å². The molecule has 0 unspecified atom stereocenters. The van der Waals surface area contributed by atoms with Crippen molar-refractivity contribution in [3.8, 4) is 0 Å². The highest BCUT2D eigenvalue weighted by molar-refractivity contribution is 5.84. The zero-order chi connectivity index (χ0) is 9.78. The van der Waals surface area contributed by atoms with Crippen molar-refractivity contribution in [3.05, 3.63) is 0 Å². The summed E-state index contributed by atoms with van der Waals surface area (Å²) in [5.74, 6) is -0.435. The van der Waals surface area contributed by atoms with Crippen molar-refractivity contribution >= 4 is 11.8 Å². The largest absolute Gasteiger partial charge is 0.274 e. The van der Waals surface area contributed by atoms with Crippen molar-refractivity contribution < 1.29 is 9.59 Å². The molecule has 12 heavy (non-hydrogen) atoms. The molecule has 0 spiro atoms. The highest BCUT2D eigenvalue weighted by atomic mass is 16.2. The second-order valence-corrected chi connectivity index (χ2v) is 3.37. The van der Waals surface area contributed by atoms with Crippen LogP contribution in [0.4, 0.5) is 0 Å². The van der Waals surface area contributed by atoms with Crippen molar-refractivity contribution in [2.45, 2.75) is 34.1 Å². The van der Waals surface area contributed by atoms with Gasteiger partial charge in [0.05, 0.1) is 0 Å². The first kappa shape index (κ1) is 10.9. The molecule has 4 heteroatoms. The number of hydrazine groups is 1. The maximum Gasteiger partial charge on any atom is 0.244 e. The Bertz CT molecular complexity index is 187. The predicted octanol–water partition coefficient (Wildman–Crippen LogP) is 0.590. The average Bonchev–Trinajstić information content (AvgIpc) is 2.00. The van der Waals surface area contributed by atoms with Crippen LogP contribution in [0.15, 0.2) is 0 Å². The summed E-state index contributed by atoms with van der Waals surface area (Å²) in [4.78, 5) is 21.7. The number of rotatable bonds is 2. The van der Waals surface area contributed by atoms with Crippen LogP contribution in [0.5, 0.6) is 0 Å². The van der Waals surface area contributed by atoms with Gasteiger partial charge in [-0.15, -0.1) is 0 Å². The summed E-state index contributed by atoms with van der Waals surface area (Å²) in [5.41, 5.74) is 4.15. The molecule has 0 aliphatic carbocycles. The van der Waals surface area contributed by atoms with Gasteiger partial charge in [0.1, 0.15) is 0 Å². The maximum atomic E-state index is 11.3. The first-order chi connectivity index (χ1) is 5.40. The van der Waals surface area contributed by atoms with Crippen molar-refractivity contribution in [3.63, 3.8) is 0 Å². The molecular formula is C8H16N2O2. The van der Waals surface area contributed by atoms with Crippen molar-refractivity contribution in [1.82, 2.24) is 10.9 Å². The number of nitrogens with one attached hydrogen (secondary N) is 2. The molecule has 0 atom stereocenters. The number of hydrogen-bond donors (Lipinski definition) is 2. The Morgan fingerprint density at radius 3 is 2.08 bits per heavy atom. The van der Waals surface area contributed by atoms with E-state index in [0.717, 1.165) is 6.42 Å². The molecule has 0 aliphatic heterocycles. The van der Waals surface area contributed by atoms with E-state index in [9.17, 15) is 9.59 Å². The SMILES string of the molecule is CCC(C)(C)C(=O)NNC(C)=O. The summed E-state index contributed by atoms with van der Waals surface area (Å²) in [5, 5.41) is 0. The minimum atomic E-state index is -0.428. The van der Waals surface area contributed by atoms with Crippen LogP contribution in [-0.4, -0.2) is 11.8 Å². The van der Waals surface area contributed by atoms with Gasteiger partial charge in [-0.25, -0.2) is 0 Å². The quantitative estimate of drug-likeness (QED) is 0.599. The third-order valence-electron chi connectivity index (χ3n) is 1.85. The highest BCUT2D eigenvalue weighted by Gasteiger charge is 2.24. The van der Waals surface area contributed by atoms with Crippen LogP contribution < -0.4 is 10.9 Å². The van der Waals surface area contributed by atoms with Gasteiger partial charge in [-0.05, 0) is 6.42 Å². The van der Waals surface area contributed by atoms with Gasteiger partial charge in [0.2, 0.25) is 11.8 Å². The predicted molar refractivity (Wildman–Crippen MR) is 46.0 cm³/mol. The van der Waals surface area contributed by atoms with E-state index in [1.807, 2.05) is 20.8 Å². The first-order valence-corrected chi connectivity index (χ1v) is 3.97. The molecule has 0 aliphatic rings. The van der Waals surface area contributed by atoms with E-state index in [4.69, 9.17) is 0 Å². The third kappa shape index (κ3) is 3.37. The van der Waals surface area contributed by atoms with Crippen LogP contribution in [-0.2, 0) is 9.59 Å². The fourth-order valence-electron chi connectivity index (χ4n) is 0.475. The Kier molecular flexibility index (Phi) is 3.73. The lowest BCUT2D eigenvalue weighted by atomic mass is 9.90. The van der Waals surface area contributed by atoms with Crippen LogP contribution in [0.1, 0.15) is 34.1 Å². The van der Waals surface area contributed by atoms with E-state index in [-0.39, 0.29) is 11.8 Å². The second-order valence-electron chi connectivity index (χ2n) is 3.37. The molecule has 0 aromatic carbocycles. The van der Waals surface area contributed by atoms with Crippen LogP contribution in [0, 0.1) is 5.41 Å². The van der Waals surface area contributed by atoms with Crippen LogP contribution in [0.3, 0.4) is 0 Å². The first-order valence-electron chi connectivity index (χ1n) is 3.97. The fraction of sp³-hybridized carbons (Fsp3) is 0.750. The minimum absolute atomic E-state index is 0.166. The Morgan fingerprint density at radius 2 is 1.75 bits per heavy atom. The smallest absolute Gasteiger partial charge is 0.244 e. The number of hydrogen-bond acceptors (Lipinski definition) is 2. The van der Waals surface area contributed by atoms with Gasteiger partial charge in [0, 0.05) is 12.3 Å². The monoisotopic (exact) mass is 172 g/mol. The van der Waals surface area contributed by atoms with E-state index in [1.165, 1.54) is 6.92 Å². The Balaban J connectivity index is 3.96. The van der Waals surface area contributed by atoms with Gasteiger partial charge in [0.15, 0.2) is 0 Å². The molecule has 2 N–H and O–H groups in total. The standard InChI is InChI=1S/C8H16N2O2/c1-5-8(3,4)7(12)10-9-6(2)11/h5H2,1-4H3,(H,9,11)(H,10,12). The molecule has 0 saturated heterocycles. The average molecular weight is 172 g/mol. The summed E-state index contributed by atoms with van der Waals surface area (Å²) in [6.45, 7) is 6.92. The second kappa shape index (κ2) is 4.09. The molecule has 4 nitrogen and oxygen atoms in total. The number of carbonyl (C=O) groups is 2. The molecule has 0 saturated carbocycles. The van der Waals surface area contributed by atoms with E-state index >= 15 is 0 Å². The molecule has 0 aromatic heterocycles. The van der Waals surface area contributed by atoms with Gasteiger partial charge >= 0.3 is 0 Å². The topological polar surface area (TPSA) is 58.2 Å². The van der Waals surface area contributed by atoms with E-state index in [2.05, 4.69) is 10.9 Å². The molecule has 0 fully saturated rings. The van der Waals surface area contributed by atoms with Gasteiger partial charge in [-0.2, -0.15) is 0 Å². The van der Waals surface area contributed by atoms with E-state index in [1.54, 1.807) is 0 Å². The van der Waals surface area contributed by atoms with Crippen LogP contribution >= 0.6 is 0 Å². The Hall–Kier alpha value is -1.06. The summed E-state index contributed by atoms with van der Waals surface area (Å²) in [6, 6.07) is 0. The molecule has 0 aromatic rings. The molecule has 2 amide bonds. The molecule has 0 rings (SSSR count). The molecule has 0 radical (unpaired) electrons. The third-order valence-corrected chi connectivity index (χ3v) is 1.85. The summed E-state index contributed by atoms with van der Waals surface area (Å²) < 4.78 is 0. The van der Waals surface area contributed by atoms with Crippen LogP contribution in [0.25, 0.3) is 0 Å². The number of amides is 2. The molecule has 70 valence electrons. The van der Waals surface area contributed by atoms with Crippen LogP contribution in [0.2, 0.25) is 0 Å². The lowest BCUT2D eigenvalue weighted by Crippen LogP contribution is -2.46. The zero-order valence-electron chi connectivity index (χ0n) is 8.02. The molecular weight excluding hydrogens is 156 g/mol. The lowest BCUT2D eigenvalue weighted by molar-refractivity contribution is -0.133. The number of carbonyl (C=O) groups excluding carboxylic acids is 2. The van der Waals surface area contributed by atoms with Crippen molar-refractivity contribution in [1.29, 1.82) is 0 Å². The molecule has 0 bridgehead atoms. The van der Waals surface area contributed by atoms with E-state index in [0.29, 0.717) is 0 Å². The van der Waals surface area contributed by atoms with Gasteiger partial charge in [-0.1, -0.05) is 20.8 Å².